The molecule has 0 unspecified atom stereocenters. The minimum absolute atomic E-state index is 0.140. The van der Waals surface area contributed by atoms with Gasteiger partial charge in [0.05, 0.1) is 5.60 Å². The number of ether oxygens (including phenoxy) is 2. The molecule has 2 aliphatic rings. The van der Waals surface area contributed by atoms with Crippen LogP contribution in [0.4, 0.5) is 4.79 Å². The number of halogens is 1. The van der Waals surface area contributed by atoms with Crippen molar-refractivity contribution < 1.29 is 24.2 Å². The lowest BCUT2D eigenvalue weighted by Gasteiger charge is -2.49. The van der Waals surface area contributed by atoms with Crippen LogP contribution in [0.2, 0.25) is 0 Å². The van der Waals surface area contributed by atoms with Crippen LogP contribution in [0.15, 0.2) is 53.3 Å². The number of carboxylic acids is 1. The molecule has 2 aromatic rings. The SMILES string of the molecule is O=C(O)COC1(c2cccnc2Br)CCC2(CCN(C(=O)OCc3ccccc3)CC2)CC1. The van der Waals surface area contributed by atoms with E-state index in [2.05, 4.69) is 20.9 Å². The summed E-state index contributed by atoms with van der Waals surface area (Å²) in [6.07, 6.45) is 6.55. The molecule has 1 aromatic heterocycles. The zero-order valence-corrected chi connectivity index (χ0v) is 20.1. The molecule has 1 N–H and O–H groups in total. The number of amides is 1. The maximum Gasteiger partial charge on any atom is 0.410 e. The molecule has 176 valence electrons. The van der Waals surface area contributed by atoms with Gasteiger partial charge in [-0.1, -0.05) is 36.4 Å². The van der Waals surface area contributed by atoms with Gasteiger partial charge in [0.15, 0.2) is 0 Å². The normalized spacial score (nSPS) is 19.2. The first-order valence-corrected chi connectivity index (χ1v) is 12.1. The number of aromatic nitrogens is 1. The number of carbonyl (C=O) groups is 2. The van der Waals surface area contributed by atoms with Crippen LogP contribution in [-0.4, -0.2) is 46.7 Å². The molecule has 1 spiro atoms. The van der Waals surface area contributed by atoms with Crippen LogP contribution < -0.4 is 0 Å². The van der Waals surface area contributed by atoms with E-state index in [-0.39, 0.29) is 24.7 Å². The molecule has 0 bridgehead atoms. The van der Waals surface area contributed by atoms with Gasteiger partial charge in [0.1, 0.15) is 17.8 Å². The maximum atomic E-state index is 12.5. The van der Waals surface area contributed by atoms with Crippen LogP contribution >= 0.6 is 15.9 Å². The second-order valence-electron chi connectivity index (χ2n) is 9.05. The summed E-state index contributed by atoms with van der Waals surface area (Å²) in [4.78, 5) is 29.9. The van der Waals surface area contributed by atoms with Crippen LogP contribution in [0.3, 0.4) is 0 Å². The predicted molar refractivity (Wildman–Crippen MR) is 126 cm³/mol. The number of hydrogen-bond acceptors (Lipinski definition) is 5. The number of carboxylic acid groups (broad SMARTS) is 1. The first-order valence-electron chi connectivity index (χ1n) is 11.3. The van der Waals surface area contributed by atoms with Crippen molar-refractivity contribution in [1.82, 2.24) is 9.88 Å². The van der Waals surface area contributed by atoms with Crippen LogP contribution in [0.1, 0.15) is 49.7 Å². The van der Waals surface area contributed by atoms with Crippen molar-refractivity contribution in [3.63, 3.8) is 0 Å². The fourth-order valence-corrected chi connectivity index (χ4v) is 5.69. The van der Waals surface area contributed by atoms with Gasteiger partial charge in [-0.2, -0.15) is 0 Å². The van der Waals surface area contributed by atoms with E-state index in [1.54, 1.807) is 11.1 Å². The van der Waals surface area contributed by atoms with E-state index in [9.17, 15) is 14.7 Å². The highest BCUT2D eigenvalue weighted by Crippen LogP contribution is 2.53. The van der Waals surface area contributed by atoms with Gasteiger partial charge < -0.3 is 19.5 Å². The van der Waals surface area contributed by atoms with E-state index in [0.29, 0.717) is 17.7 Å². The van der Waals surface area contributed by atoms with E-state index in [1.807, 2.05) is 42.5 Å². The number of rotatable bonds is 6. The van der Waals surface area contributed by atoms with Crippen molar-refractivity contribution in [3.8, 4) is 0 Å². The fraction of sp³-hybridized carbons (Fsp3) is 0.480. The van der Waals surface area contributed by atoms with Gasteiger partial charge in [-0.05, 0) is 71.5 Å². The molecule has 1 aliphatic carbocycles. The van der Waals surface area contributed by atoms with E-state index < -0.39 is 11.6 Å². The van der Waals surface area contributed by atoms with E-state index in [0.717, 1.165) is 49.7 Å². The summed E-state index contributed by atoms with van der Waals surface area (Å²) in [6.45, 7) is 1.29. The highest BCUT2D eigenvalue weighted by molar-refractivity contribution is 9.10. The Kier molecular flexibility index (Phi) is 7.34. The van der Waals surface area contributed by atoms with E-state index in [4.69, 9.17) is 9.47 Å². The maximum absolute atomic E-state index is 12.5. The Morgan fingerprint density at radius 3 is 2.33 bits per heavy atom. The summed E-state index contributed by atoms with van der Waals surface area (Å²) in [6, 6.07) is 13.5. The van der Waals surface area contributed by atoms with Gasteiger partial charge in [-0.3, -0.25) is 0 Å². The van der Waals surface area contributed by atoms with E-state index in [1.165, 1.54) is 0 Å². The number of nitrogens with zero attached hydrogens (tertiary/aromatic N) is 2. The van der Waals surface area contributed by atoms with Crippen LogP contribution in [0.25, 0.3) is 0 Å². The Bertz CT molecular complexity index is 966. The van der Waals surface area contributed by atoms with Crippen LogP contribution in [-0.2, 0) is 26.5 Å². The van der Waals surface area contributed by atoms with Gasteiger partial charge in [-0.25, -0.2) is 14.6 Å². The molecule has 1 saturated heterocycles. The molecule has 1 aliphatic heterocycles. The topological polar surface area (TPSA) is 89.0 Å². The molecular weight excluding hydrogens is 488 g/mol. The minimum atomic E-state index is -0.975. The smallest absolute Gasteiger partial charge is 0.410 e. The van der Waals surface area contributed by atoms with Crippen molar-refractivity contribution in [2.24, 2.45) is 5.41 Å². The lowest BCUT2D eigenvalue weighted by molar-refractivity contribution is -0.157. The van der Waals surface area contributed by atoms with Gasteiger partial charge >= 0.3 is 12.1 Å². The van der Waals surface area contributed by atoms with Gasteiger partial charge in [0.2, 0.25) is 0 Å². The van der Waals surface area contributed by atoms with Crippen molar-refractivity contribution in [2.45, 2.75) is 50.7 Å². The fourth-order valence-electron chi connectivity index (χ4n) is 5.08. The lowest BCUT2D eigenvalue weighted by Crippen LogP contribution is -2.47. The van der Waals surface area contributed by atoms with E-state index >= 15 is 0 Å². The second-order valence-corrected chi connectivity index (χ2v) is 9.80. The monoisotopic (exact) mass is 516 g/mol. The van der Waals surface area contributed by atoms with Crippen molar-refractivity contribution in [1.29, 1.82) is 0 Å². The summed E-state index contributed by atoms with van der Waals surface area (Å²) in [7, 11) is 0. The Labute approximate surface area is 202 Å². The number of carbonyl (C=O) groups excluding carboxylic acids is 1. The largest absolute Gasteiger partial charge is 0.480 e. The quantitative estimate of drug-likeness (QED) is 0.535. The standard InChI is InChI=1S/C25H29BrN2O5/c26-22-20(7-4-14-27-22)25(33-18-21(29)30)10-8-24(9-11-25)12-15-28(16-13-24)23(31)32-17-19-5-2-1-3-6-19/h1-7,14H,8-13,15-18H2,(H,29,30). The first kappa shape index (κ1) is 23.7. The van der Waals surface area contributed by atoms with Crippen molar-refractivity contribution in [2.75, 3.05) is 19.7 Å². The molecular formula is C25H29BrN2O5. The predicted octanol–water partition coefficient (Wildman–Crippen LogP) is 5.13. The number of pyridine rings is 1. The van der Waals surface area contributed by atoms with Crippen LogP contribution in [0, 0.1) is 5.41 Å². The number of hydrogen-bond donors (Lipinski definition) is 1. The third-order valence-corrected chi connectivity index (χ3v) is 7.76. The number of piperidine rings is 1. The minimum Gasteiger partial charge on any atom is -0.480 e. The molecule has 1 saturated carbocycles. The Morgan fingerprint density at radius 2 is 1.70 bits per heavy atom. The molecule has 1 amide bonds. The average molecular weight is 517 g/mol. The summed E-state index contributed by atoms with van der Waals surface area (Å²) in [5.41, 5.74) is 1.36. The number of likely N-dealkylation sites (tertiary alicyclic amines) is 1. The van der Waals surface area contributed by atoms with Crippen molar-refractivity contribution >= 4 is 28.0 Å². The Morgan fingerprint density at radius 1 is 1.00 bits per heavy atom. The highest BCUT2D eigenvalue weighted by Gasteiger charge is 2.47. The van der Waals surface area contributed by atoms with Gasteiger partial charge in [0.25, 0.3) is 0 Å². The average Bonchev–Trinajstić information content (AvgIpc) is 2.84. The Hall–Kier alpha value is -2.45. The molecule has 1 aromatic carbocycles. The third-order valence-electron chi connectivity index (χ3n) is 7.13. The summed E-state index contributed by atoms with van der Waals surface area (Å²) >= 11 is 3.52. The second kappa shape index (κ2) is 10.2. The number of benzene rings is 1. The molecule has 2 fully saturated rings. The zero-order chi connectivity index (χ0) is 23.3. The third kappa shape index (κ3) is 5.55. The first-order chi connectivity index (χ1) is 15.9. The van der Waals surface area contributed by atoms with Crippen molar-refractivity contribution in [3.05, 3.63) is 64.4 Å². The summed E-state index contributed by atoms with van der Waals surface area (Å²) in [5, 5.41) is 9.21. The molecule has 7 nitrogen and oxygen atoms in total. The van der Waals surface area contributed by atoms with Gasteiger partial charge in [-0.15, -0.1) is 0 Å². The summed E-state index contributed by atoms with van der Waals surface area (Å²) < 4.78 is 12.2. The molecule has 0 radical (unpaired) electrons. The molecule has 0 atom stereocenters. The lowest BCUT2D eigenvalue weighted by atomic mass is 9.63. The molecule has 8 heteroatoms. The van der Waals surface area contributed by atoms with Gasteiger partial charge in [0, 0.05) is 24.8 Å². The Balaban J connectivity index is 1.36. The zero-order valence-electron chi connectivity index (χ0n) is 18.5. The molecule has 2 heterocycles. The highest BCUT2D eigenvalue weighted by atomic mass is 79.9. The molecule has 33 heavy (non-hydrogen) atoms. The number of aliphatic carboxylic acids is 1. The summed E-state index contributed by atoms with van der Waals surface area (Å²) in [5.74, 6) is -0.975. The molecule has 4 rings (SSSR count). The van der Waals surface area contributed by atoms with Crippen LogP contribution in [0.5, 0.6) is 0 Å².